The summed E-state index contributed by atoms with van der Waals surface area (Å²) >= 11 is 1.65. The first-order chi connectivity index (χ1) is 14.3. The van der Waals surface area contributed by atoms with Crippen molar-refractivity contribution >= 4 is 21.4 Å². The number of benzene rings is 2. The standard InChI is InChI=1S/C24H28N2O2S2/c1-17-12-18(2)24(19(3)13-17)30(27,28)25-14-23(22-9-11-29-16-22)26-10-8-20-6-4-5-7-21(20)15-26/h4-7,9,11-13,16,23,25H,8,10,14-15H2,1-3H3. The highest BCUT2D eigenvalue weighted by atomic mass is 32.2. The van der Waals surface area contributed by atoms with Gasteiger partial charge in [0, 0.05) is 25.7 Å². The molecule has 2 aromatic carbocycles. The lowest BCUT2D eigenvalue weighted by Crippen LogP contribution is -2.40. The fourth-order valence-corrected chi connectivity index (χ4v) is 6.75. The zero-order valence-electron chi connectivity index (χ0n) is 17.7. The molecular weight excluding hydrogens is 412 g/mol. The van der Waals surface area contributed by atoms with Crippen molar-refractivity contribution < 1.29 is 8.42 Å². The molecule has 1 aliphatic rings. The van der Waals surface area contributed by atoms with Crippen molar-refractivity contribution in [1.29, 1.82) is 0 Å². The lowest BCUT2D eigenvalue weighted by molar-refractivity contribution is 0.180. The van der Waals surface area contributed by atoms with Gasteiger partial charge in [-0.25, -0.2) is 13.1 Å². The fourth-order valence-electron chi connectivity index (χ4n) is 4.56. The lowest BCUT2D eigenvalue weighted by atomic mass is 9.97. The molecular formula is C24H28N2O2S2. The Kier molecular flexibility index (Phi) is 6.11. The number of aryl methyl sites for hydroxylation is 3. The van der Waals surface area contributed by atoms with Crippen molar-refractivity contribution in [3.63, 3.8) is 0 Å². The third kappa shape index (κ3) is 4.37. The summed E-state index contributed by atoms with van der Waals surface area (Å²) in [5.74, 6) is 0. The normalized spacial score (nSPS) is 15.7. The average molecular weight is 441 g/mol. The number of sulfonamides is 1. The van der Waals surface area contributed by atoms with Crippen LogP contribution in [-0.4, -0.2) is 26.4 Å². The molecule has 0 aliphatic carbocycles. The first-order valence-corrected chi connectivity index (χ1v) is 12.7. The van der Waals surface area contributed by atoms with E-state index in [1.54, 1.807) is 11.3 Å². The van der Waals surface area contributed by atoms with Crippen LogP contribution in [0.3, 0.4) is 0 Å². The number of thiophene rings is 1. The Morgan fingerprint density at radius 2 is 1.77 bits per heavy atom. The van der Waals surface area contributed by atoms with Crippen LogP contribution in [0.25, 0.3) is 0 Å². The smallest absolute Gasteiger partial charge is 0.241 e. The molecule has 4 nitrogen and oxygen atoms in total. The Morgan fingerprint density at radius 1 is 1.07 bits per heavy atom. The Morgan fingerprint density at radius 3 is 2.43 bits per heavy atom. The van der Waals surface area contributed by atoms with E-state index in [1.165, 1.54) is 16.7 Å². The van der Waals surface area contributed by atoms with E-state index in [0.29, 0.717) is 11.4 Å². The minimum absolute atomic E-state index is 0.00504. The number of rotatable bonds is 6. The molecule has 1 unspecified atom stereocenters. The SMILES string of the molecule is Cc1cc(C)c(S(=O)(=O)NCC(c2ccsc2)N2CCc3ccccc3C2)c(C)c1. The van der Waals surface area contributed by atoms with E-state index >= 15 is 0 Å². The van der Waals surface area contributed by atoms with Crippen molar-refractivity contribution in [3.8, 4) is 0 Å². The van der Waals surface area contributed by atoms with Gasteiger partial charge < -0.3 is 0 Å². The van der Waals surface area contributed by atoms with Crippen molar-refractivity contribution in [1.82, 2.24) is 9.62 Å². The van der Waals surface area contributed by atoms with Gasteiger partial charge in [0.2, 0.25) is 10.0 Å². The molecule has 30 heavy (non-hydrogen) atoms. The van der Waals surface area contributed by atoms with E-state index in [1.807, 2.05) is 32.9 Å². The minimum atomic E-state index is -3.60. The first-order valence-electron chi connectivity index (χ1n) is 10.3. The van der Waals surface area contributed by atoms with Gasteiger partial charge in [0.25, 0.3) is 0 Å². The van der Waals surface area contributed by atoms with E-state index < -0.39 is 10.0 Å². The summed E-state index contributed by atoms with van der Waals surface area (Å²) in [4.78, 5) is 2.79. The number of hydrogen-bond donors (Lipinski definition) is 1. The van der Waals surface area contributed by atoms with Crippen LogP contribution in [0.5, 0.6) is 0 Å². The largest absolute Gasteiger partial charge is 0.290 e. The molecule has 0 saturated carbocycles. The van der Waals surface area contributed by atoms with Gasteiger partial charge in [-0.2, -0.15) is 11.3 Å². The zero-order valence-corrected chi connectivity index (χ0v) is 19.3. The molecule has 0 spiro atoms. The number of nitrogens with one attached hydrogen (secondary N) is 1. The third-order valence-corrected chi connectivity index (χ3v) is 8.30. The summed E-state index contributed by atoms with van der Waals surface area (Å²) in [5, 5.41) is 4.19. The monoisotopic (exact) mass is 440 g/mol. The van der Waals surface area contributed by atoms with Gasteiger partial charge in [-0.1, -0.05) is 42.0 Å². The maximum absolute atomic E-state index is 13.2. The summed E-state index contributed by atoms with van der Waals surface area (Å²) in [6, 6.07) is 14.5. The van der Waals surface area contributed by atoms with Crippen LogP contribution in [0.4, 0.5) is 0 Å². The van der Waals surface area contributed by atoms with E-state index in [-0.39, 0.29) is 6.04 Å². The molecule has 2 heterocycles. The van der Waals surface area contributed by atoms with Gasteiger partial charge in [0.15, 0.2) is 0 Å². The number of fused-ring (bicyclic) bond motifs is 1. The summed E-state index contributed by atoms with van der Waals surface area (Å²) in [6.07, 6.45) is 0.986. The zero-order chi connectivity index (χ0) is 21.3. The van der Waals surface area contributed by atoms with Crippen molar-refractivity contribution in [2.45, 2.75) is 44.7 Å². The van der Waals surface area contributed by atoms with Gasteiger partial charge in [-0.05, 0) is 71.8 Å². The van der Waals surface area contributed by atoms with E-state index in [0.717, 1.165) is 36.2 Å². The molecule has 0 fully saturated rings. The molecule has 1 aliphatic heterocycles. The molecule has 1 atom stereocenters. The Balaban J connectivity index is 1.59. The predicted molar refractivity (Wildman–Crippen MR) is 123 cm³/mol. The molecule has 6 heteroatoms. The van der Waals surface area contributed by atoms with Crippen LogP contribution in [0.15, 0.2) is 58.1 Å². The van der Waals surface area contributed by atoms with E-state index in [4.69, 9.17) is 0 Å². The summed E-state index contributed by atoms with van der Waals surface area (Å²) in [5.41, 5.74) is 6.55. The van der Waals surface area contributed by atoms with Crippen LogP contribution < -0.4 is 4.72 Å². The van der Waals surface area contributed by atoms with Crippen molar-refractivity contribution in [3.05, 3.63) is 86.6 Å². The highest BCUT2D eigenvalue weighted by molar-refractivity contribution is 7.89. The van der Waals surface area contributed by atoms with E-state index in [2.05, 4.69) is 50.7 Å². The topological polar surface area (TPSA) is 49.4 Å². The van der Waals surface area contributed by atoms with Gasteiger partial charge in [0.1, 0.15) is 0 Å². The summed E-state index contributed by atoms with van der Waals surface area (Å²) in [6.45, 7) is 7.83. The predicted octanol–water partition coefficient (Wildman–Crippen LogP) is 4.75. The van der Waals surface area contributed by atoms with Crippen molar-refractivity contribution in [2.24, 2.45) is 0 Å². The van der Waals surface area contributed by atoms with E-state index in [9.17, 15) is 8.42 Å². The van der Waals surface area contributed by atoms with Gasteiger partial charge >= 0.3 is 0 Å². The van der Waals surface area contributed by atoms with Crippen LogP contribution in [0.2, 0.25) is 0 Å². The summed E-state index contributed by atoms with van der Waals surface area (Å²) < 4.78 is 29.3. The molecule has 3 aromatic rings. The molecule has 0 radical (unpaired) electrons. The summed E-state index contributed by atoms with van der Waals surface area (Å²) in [7, 11) is -3.60. The second-order valence-corrected chi connectivity index (χ2v) is 10.6. The van der Waals surface area contributed by atoms with Crippen LogP contribution in [0, 0.1) is 20.8 Å². The maximum atomic E-state index is 13.2. The van der Waals surface area contributed by atoms with Gasteiger partial charge in [-0.15, -0.1) is 0 Å². The molecule has 1 aromatic heterocycles. The Hall–Kier alpha value is -1.99. The van der Waals surface area contributed by atoms with Gasteiger partial charge in [-0.3, -0.25) is 4.90 Å². The second-order valence-electron chi connectivity index (χ2n) is 8.14. The number of hydrogen-bond acceptors (Lipinski definition) is 4. The molecule has 158 valence electrons. The first kappa shape index (κ1) is 21.2. The average Bonchev–Trinajstić information content (AvgIpc) is 3.21. The fraction of sp³-hybridized carbons (Fsp3) is 0.333. The van der Waals surface area contributed by atoms with Crippen LogP contribution in [-0.2, 0) is 23.0 Å². The second kappa shape index (κ2) is 8.63. The highest BCUT2D eigenvalue weighted by Gasteiger charge is 2.28. The lowest BCUT2D eigenvalue weighted by Gasteiger charge is -2.35. The molecule has 0 amide bonds. The molecule has 0 saturated heterocycles. The molecule has 0 bridgehead atoms. The Labute approximate surface area is 183 Å². The third-order valence-electron chi connectivity index (χ3n) is 5.87. The van der Waals surface area contributed by atoms with Crippen LogP contribution in [0.1, 0.15) is 39.4 Å². The molecule has 1 N–H and O–H groups in total. The maximum Gasteiger partial charge on any atom is 0.241 e. The number of nitrogens with zero attached hydrogens (tertiary/aromatic N) is 1. The Bertz CT molecular complexity index is 1110. The van der Waals surface area contributed by atoms with Gasteiger partial charge in [0.05, 0.1) is 4.90 Å². The minimum Gasteiger partial charge on any atom is -0.290 e. The molecule has 4 rings (SSSR count). The van der Waals surface area contributed by atoms with Crippen molar-refractivity contribution in [2.75, 3.05) is 13.1 Å². The van der Waals surface area contributed by atoms with Crippen LogP contribution >= 0.6 is 11.3 Å². The quantitative estimate of drug-likeness (QED) is 0.602. The highest BCUT2D eigenvalue weighted by Crippen LogP contribution is 2.29.